The molecule has 1 rings (SSSR count). The number of nitrogens with one attached hydrogen (secondary N) is 1. The second-order valence-corrected chi connectivity index (χ2v) is 5.80. The smallest absolute Gasteiger partial charge is 0.00446 e. The van der Waals surface area contributed by atoms with E-state index >= 15 is 0 Å². The Labute approximate surface area is 95.4 Å². The average molecular weight is 212 g/mol. The van der Waals surface area contributed by atoms with E-state index < -0.39 is 0 Å². The minimum Gasteiger partial charge on any atom is -0.316 e. The molecule has 1 heterocycles. The average Bonchev–Trinajstić information content (AvgIpc) is 2.17. The Morgan fingerprint density at radius 3 is 2.73 bits per heavy atom. The quantitative estimate of drug-likeness (QED) is 0.752. The molecule has 2 atom stereocenters. The van der Waals surface area contributed by atoms with Gasteiger partial charge in [-0.2, -0.15) is 0 Å². The van der Waals surface area contributed by atoms with Gasteiger partial charge in [-0.15, -0.1) is 0 Å². The molecule has 1 fully saturated rings. The van der Waals surface area contributed by atoms with Crippen LogP contribution in [0.2, 0.25) is 0 Å². The van der Waals surface area contributed by atoms with E-state index in [9.17, 15) is 0 Å². The molecular weight excluding hydrogens is 184 g/mol. The molecule has 0 aliphatic carbocycles. The lowest BCUT2D eigenvalue weighted by Gasteiger charge is -2.38. The molecule has 2 unspecified atom stereocenters. The summed E-state index contributed by atoms with van der Waals surface area (Å²) in [5.41, 5.74) is 0.500. The molecule has 0 aromatic heterocycles. The lowest BCUT2D eigenvalue weighted by Crippen LogP contribution is -2.45. The second-order valence-electron chi connectivity index (χ2n) is 5.80. The summed E-state index contributed by atoms with van der Waals surface area (Å²) in [6, 6.07) is 0. The monoisotopic (exact) mass is 212 g/mol. The highest BCUT2D eigenvalue weighted by atomic mass is 15.1. The van der Waals surface area contributed by atoms with Crippen LogP contribution in [0.15, 0.2) is 0 Å². The van der Waals surface area contributed by atoms with Gasteiger partial charge in [-0.05, 0) is 37.8 Å². The van der Waals surface area contributed by atoms with E-state index in [0.717, 1.165) is 5.92 Å². The maximum atomic E-state index is 3.52. The van der Waals surface area contributed by atoms with Crippen LogP contribution in [-0.4, -0.2) is 38.1 Å². The van der Waals surface area contributed by atoms with Crippen LogP contribution in [0.4, 0.5) is 0 Å². The first-order chi connectivity index (χ1) is 7.06. The zero-order valence-corrected chi connectivity index (χ0v) is 11.0. The fraction of sp³-hybridized carbons (Fsp3) is 1.00. The summed E-state index contributed by atoms with van der Waals surface area (Å²) in [5.74, 6) is 0.829. The van der Waals surface area contributed by atoms with Crippen LogP contribution in [0.25, 0.3) is 0 Å². The van der Waals surface area contributed by atoms with Gasteiger partial charge in [-0.1, -0.05) is 27.2 Å². The summed E-state index contributed by atoms with van der Waals surface area (Å²) in [7, 11) is 2.27. The molecule has 0 amide bonds. The van der Waals surface area contributed by atoms with Gasteiger partial charge < -0.3 is 10.2 Å². The predicted molar refractivity (Wildman–Crippen MR) is 67.2 cm³/mol. The molecule has 0 radical (unpaired) electrons. The molecule has 1 aliphatic rings. The largest absolute Gasteiger partial charge is 0.316 e. The molecule has 0 bridgehead atoms. The summed E-state index contributed by atoms with van der Waals surface area (Å²) < 4.78 is 0. The Bertz CT molecular complexity index is 173. The number of hydrogen-bond acceptors (Lipinski definition) is 2. The highest BCUT2D eigenvalue weighted by molar-refractivity contribution is 4.83. The summed E-state index contributed by atoms with van der Waals surface area (Å²) in [6.07, 6.45) is 4.01. The van der Waals surface area contributed by atoms with E-state index in [1.807, 2.05) is 0 Å². The normalized spacial score (nSPS) is 29.4. The van der Waals surface area contributed by atoms with Gasteiger partial charge >= 0.3 is 0 Å². The summed E-state index contributed by atoms with van der Waals surface area (Å²) in [4.78, 5) is 2.52. The van der Waals surface area contributed by atoms with Crippen LogP contribution >= 0.6 is 0 Å². The van der Waals surface area contributed by atoms with Gasteiger partial charge in [0.05, 0.1) is 0 Å². The van der Waals surface area contributed by atoms with Crippen LogP contribution in [-0.2, 0) is 0 Å². The molecule has 2 heteroatoms. The van der Waals surface area contributed by atoms with Crippen LogP contribution in [0.5, 0.6) is 0 Å². The Morgan fingerprint density at radius 2 is 2.20 bits per heavy atom. The minimum atomic E-state index is 0.500. The van der Waals surface area contributed by atoms with Gasteiger partial charge in [0.1, 0.15) is 0 Å². The molecule has 0 aromatic carbocycles. The molecule has 15 heavy (non-hydrogen) atoms. The topological polar surface area (TPSA) is 15.3 Å². The van der Waals surface area contributed by atoms with Crippen molar-refractivity contribution in [1.29, 1.82) is 0 Å². The van der Waals surface area contributed by atoms with E-state index in [0.29, 0.717) is 5.41 Å². The molecule has 1 N–H and O–H groups in total. The van der Waals surface area contributed by atoms with Crippen molar-refractivity contribution in [3.05, 3.63) is 0 Å². The fourth-order valence-electron chi connectivity index (χ4n) is 2.63. The van der Waals surface area contributed by atoms with Crippen molar-refractivity contribution in [3.63, 3.8) is 0 Å². The van der Waals surface area contributed by atoms with E-state index in [4.69, 9.17) is 0 Å². The molecule has 0 spiro atoms. The van der Waals surface area contributed by atoms with Crippen LogP contribution < -0.4 is 5.32 Å². The van der Waals surface area contributed by atoms with Crippen LogP contribution in [0, 0.1) is 11.3 Å². The van der Waals surface area contributed by atoms with E-state index in [1.54, 1.807) is 0 Å². The fourth-order valence-corrected chi connectivity index (χ4v) is 2.63. The van der Waals surface area contributed by atoms with Gasteiger partial charge in [0.15, 0.2) is 0 Å². The molecule has 90 valence electrons. The number of hydrogen-bond donors (Lipinski definition) is 1. The second kappa shape index (κ2) is 5.86. The highest BCUT2D eigenvalue weighted by Crippen LogP contribution is 2.26. The zero-order valence-electron chi connectivity index (χ0n) is 11.0. The van der Waals surface area contributed by atoms with Crippen molar-refractivity contribution in [2.45, 2.75) is 40.0 Å². The first kappa shape index (κ1) is 13.0. The minimum absolute atomic E-state index is 0.500. The van der Waals surface area contributed by atoms with Gasteiger partial charge in [-0.3, -0.25) is 0 Å². The number of piperidine rings is 1. The number of nitrogens with zero attached hydrogens (tertiary/aromatic N) is 1. The Hall–Kier alpha value is -0.0800. The third-order valence-electron chi connectivity index (χ3n) is 3.66. The lowest BCUT2D eigenvalue weighted by molar-refractivity contribution is 0.141. The van der Waals surface area contributed by atoms with E-state index in [1.165, 1.54) is 45.4 Å². The van der Waals surface area contributed by atoms with Crippen molar-refractivity contribution in [2.75, 3.05) is 33.2 Å². The molecule has 1 saturated heterocycles. The maximum absolute atomic E-state index is 3.52. The Kier molecular flexibility index (Phi) is 5.07. The molecule has 1 aliphatic heterocycles. The number of rotatable bonds is 5. The van der Waals surface area contributed by atoms with E-state index in [-0.39, 0.29) is 0 Å². The Morgan fingerprint density at radius 1 is 1.47 bits per heavy atom. The first-order valence-corrected chi connectivity index (χ1v) is 6.45. The standard InChI is InChI=1S/C13H28N2/c1-5-12(2)9-15(4)11-13(3)7-6-8-14-10-13/h12,14H,5-11H2,1-4H3. The van der Waals surface area contributed by atoms with Crippen molar-refractivity contribution in [1.82, 2.24) is 10.2 Å². The van der Waals surface area contributed by atoms with Crippen molar-refractivity contribution >= 4 is 0 Å². The van der Waals surface area contributed by atoms with Crippen molar-refractivity contribution in [2.24, 2.45) is 11.3 Å². The highest BCUT2D eigenvalue weighted by Gasteiger charge is 2.28. The molecule has 0 aromatic rings. The van der Waals surface area contributed by atoms with Gasteiger partial charge in [0.25, 0.3) is 0 Å². The van der Waals surface area contributed by atoms with E-state index in [2.05, 4.69) is 38.0 Å². The Balaban J connectivity index is 2.31. The van der Waals surface area contributed by atoms with Gasteiger partial charge in [-0.25, -0.2) is 0 Å². The predicted octanol–water partition coefficient (Wildman–Crippen LogP) is 2.35. The van der Waals surface area contributed by atoms with Gasteiger partial charge in [0.2, 0.25) is 0 Å². The van der Waals surface area contributed by atoms with Crippen molar-refractivity contribution < 1.29 is 0 Å². The maximum Gasteiger partial charge on any atom is 0.00446 e. The molecular formula is C13H28N2. The van der Waals surface area contributed by atoms with Crippen LogP contribution in [0.1, 0.15) is 40.0 Å². The summed E-state index contributed by atoms with van der Waals surface area (Å²) in [6.45, 7) is 11.9. The van der Waals surface area contributed by atoms with Crippen LogP contribution in [0.3, 0.4) is 0 Å². The first-order valence-electron chi connectivity index (χ1n) is 6.45. The molecule has 0 saturated carbocycles. The zero-order chi connectivity index (χ0) is 11.3. The van der Waals surface area contributed by atoms with Crippen molar-refractivity contribution in [3.8, 4) is 0 Å². The lowest BCUT2D eigenvalue weighted by atomic mass is 9.82. The SMILES string of the molecule is CCC(C)CN(C)CC1(C)CCCNC1. The third kappa shape index (κ3) is 4.52. The molecule has 2 nitrogen and oxygen atoms in total. The third-order valence-corrected chi connectivity index (χ3v) is 3.66. The van der Waals surface area contributed by atoms with Gasteiger partial charge in [0, 0.05) is 19.6 Å². The summed E-state index contributed by atoms with van der Waals surface area (Å²) >= 11 is 0. The summed E-state index contributed by atoms with van der Waals surface area (Å²) in [5, 5.41) is 3.52.